The number of unbranched alkanes of at least 4 members (excludes halogenated alkanes) is 1. The van der Waals surface area contributed by atoms with Gasteiger partial charge in [-0.15, -0.1) is 0 Å². The second kappa shape index (κ2) is 9.57. The highest BCUT2D eigenvalue weighted by molar-refractivity contribution is 5.94. The van der Waals surface area contributed by atoms with Crippen LogP contribution in [0.5, 0.6) is 5.88 Å². The summed E-state index contributed by atoms with van der Waals surface area (Å²) in [6.07, 6.45) is 3.61. The molecule has 6 heteroatoms. The second-order valence-corrected chi connectivity index (χ2v) is 8.41. The van der Waals surface area contributed by atoms with Gasteiger partial charge in [0.2, 0.25) is 5.88 Å². The van der Waals surface area contributed by atoms with Crippen molar-refractivity contribution in [1.82, 2.24) is 9.88 Å². The van der Waals surface area contributed by atoms with Crippen LogP contribution in [-0.4, -0.2) is 55.8 Å². The van der Waals surface area contributed by atoms with E-state index in [4.69, 9.17) is 4.74 Å². The number of ether oxygens (including phenoxy) is 1. The predicted octanol–water partition coefficient (Wildman–Crippen LogP) is 4.95. The van der Waals surface area contributed by atoms with Gasteiger partial charge in [0.1, 0.15) is 11.6 Å². The first-order valence-corrected chi connectivity index (χ1v) is 11.5. The van der Waals surface area contributed by atoms with Gasteiger partial charge in [-0.05, 0) is 43.0 Å². The number of aromatic nitrogens is 1. The maximum Gasteiger partial charge on any atom is 0.215 e. The summed E-state index contributed by atoms with van der Waals surface area (Å²) in [4.78, 5) is 9.49. The van der Waals surface area contributed by atoms with Crippen LogP contribution < -0.4 is 15.0 Å². The van der Waals surface area contributed by atoms with Crippen LogP contribution >= 0.6 is 0 Å². The summed E-state index contributed by atoms with van der Waals surface area (Å²) in [6, 6.07) is 18.9. The molecule has 1 fully saturated rings. The lowest BCUT2D eigenvalue weighted by Crippen LogP contribution is -2.46. The fourth-order valence-corrected chi connectivity index (χ4v) is 4.49. The van der Waals surface area contributed by atoms with Gasteiger partial charge in [0.25, 0.3) is 0 Å². The zero-order valence-electron chi connectivity index (χ0n) is 18.3. The Kier molecular flexibility index (Phi) is 6.21. The molecule has 0 radical (unpaired) electrons. The topological polar surface area (TPSA) is 40.6 Å². The molecule has 1 aromatic heterocycles. The molecule has 166 valence electrons. The van der Waals surface area contributed by atoms with Gasteiger partial charge in [-0.25, -0.2) is 4.39 Å². The van der Waals surface area contributed by atoms with E-state index < -0.39 is 0 Å². The fraction of sp³-hybridized carbons (Fsp3) is 0.346. The van der Waals surface area contributed by atoms with Crippen molar-refractivity contribution in [2.45, 2.75) is 12.8 Å². The van der Waals surface area contributed by atoms with Crippen LogP contribution in [0.1, 0.15) is 18.4 Å². The second-order valence-electron chi connectivity index (χ2n) is 8.41. The third-order valence-corrected chi connectivity index (χ3v) is 6.24. The minimum absolute atomic E-state index is 0.175. The molecule has 3 aromatic rings. The first-order chi connectivity index (χ1) is 15.8. The summed E-state index contributed by atoms with van der Waals surface area (Å²) in [5, 5.41) is 5.62. The lowest BCUT2D eigenvalue weighted by Gasteiger charge is -2.36. The van der Waals surface area contributed by atoms with E-state index in [2.05, 4.69) is 62.6 Å². The molecule has 0 unspecified atom stereocenters. The van der Waals surface area contributed by atoms with Crippen molar-refractivity contribution < 1.29 is 9.13 Å². The molecule has 5 nitrogen and oxygen atoms in total. The predicted molar refractivity (Wildman–Crippen MR) is 129 cm³/mol. The Bertz CT molecular complexity index is 1100. The van der Waals surface area contributed by atoms with E-state index in [0.717, 1.165) is 51.1 Å². The van der Waals surface area contributed by atoms with Crippen molar-refractivity contribution in [1.29, 1.82) is 0 Å². The van der Waals surface area contributed by atoms with Gasteiger partial charge in [-0.1, -0.05) is 36.4 Å². The Balaban J connectivity index is 1.04. The first kappa shape index (κ1) is 20.8. The summed E-state index contributed by atoms with van der Waals surface area (Å²) in [7, 11) is 0. The maximum absolute atomic E-state index is 13.3. The zero-order valence-corrected chi connectivity index (χ0v) is 18.3. The van der Waals surface area contributed by atoms with E-state index in [9.17, 15) is 4.39 Å². The summed E-state index contributed by atoms with van der Waals surface area (Å²) >= 11 is 0. The molecule has 5 rings (SSSR count). The van der Waals surface area contributed by atoms with E-state index in [1.165, 1.54) is 22.5 Å². The van der Waals surface area contributed by atoms with Crippen molar-refractivity contribution >= 4 is 28.4 Å². The Labute approximate surface area is 188 Å². The van der Waals surface area contributed by atoms with Crippen molar-refractivity contribution in [3.05, 3.63) is 66.0 Å². The summed E-state index contributed by atoms with van der Waals surface area (Å²) < 4.78 is 19.1. The smallest absolute Gasteiger partial charge is 0.215 e. The number of pyridine rings is 1. The molecule has 0 bridgehead atoms. The largest absolute Gasteiger partial charge is 0.478 e. The number of nitrogens with zero attached hydrogens (tertiary/aromatic N) is 3. The molecular formula is C26H29FN4O. The van der Waals surface area contributed by atoms with Crippen molar-refractivity contribution in [3.8, 4) is 5.88 Å². The van der Waals surface area contributed by atoms with Gasteiger partial charge in [-0.3, -0.25) is 4.90 Å². The molecule has 3 heterocycles. The van der Waals surface area contributed by atoms with Crippen LogP contribution in [0.2, 0.25) is 0 Å². The van der Waals surface area contributed by atoms with Gasteiger partial charge in [0.05, 0.1) is 13.2 Å². The van der Waals surface area contributed by atoms with Gasteiger partial charge >= 0.3 is 0 Å². The summed E-state index contributed by atoms with van der Waals surface area (Å²) in [5.41, 5.74) is 2.12. The number of anilines is 2. The molecule has 0 saturated carbocycles. The standard InChI is InChI=1S/C26H29FN4O/c27-22-18-21-10-11-25(29-26(21)28-19-22)32-17-4-3-12-30-13-15-31(16-14-30)24-9-5-7-20-6-1-2-8-23(20)24/h1-2,5-11,18H,3-4,12-17,19H2,(H,28,29). The van der Waals surface area contributed by atoms with Gasteiger partial charge in [0, 0.05) is 48.9 Å². The number of halogens is 1. The summed E-state index contributed by atoms with van der Waals surface area (Å²) in [5.74, 6) is 1.11. The highest BCUT2D eigenvalue weighted by Gasteiger charge is 2.18. The van der Waals surface area contributed by atoms with Crippen LogP contribution in [0, 0.1) is 0 Å². The molecule has 0 amide bonds. The molecule has 2 aliphatic heterocycles. The van der Waals surface area contributed by atoms with Gasteiger partial charge in [-0.2, -0.15) is 4.98 Å². The van der Waals surface area contributed by atoms with Gasteiger partial charge in [0.15, 0.2) is 0 Å². The molecule has 32 heavy (non-hydrogen) atoms. The Morgan fingerprint density at radius 1 is 0.938 bits per heavy atom. The van der Waals surface area contributed by atoms with E-state index in [1.807, 2.05) is 12.1 Å². The quantitative estimate of drug-likeness (QED) is 0.535. The molecule has 1 N–H and O–H groups in total. The highest BCUT2D eigenvalue weighted by Crippen LogP contribution is 2.28. The number of benzene rings is 2. The average Bonchev–Trinajstić information content (AvgIpc) is 2.84. The highest BCUT2D eigenvalue weighted by atomic mass is 19.1. The minimum Gasteiger partial charge on any atom is -0.478 e. The average molecular weight is 433 g/mol. The van der Waals surface area contributed by atoms with Crippen LogP contribution in [0.25, 0.3) is 16.8 Å². The third kappa shape index (κ3) is 4.70. The van der Waals surface area contributed by atoms with E-state index >= 15 is 0 Å². The monoisotopic (exact) mass is 432 g/mol. The number of rotatable bonds is 7. The fourth-order valence-electron chi connectivity index (χ4n) is 4.49. The van der Waals surface area contributed by atoms with E-state index in [1.54, 1.807) is 0 Å². The molecule has 0 aliphatic carbocycles. The third-order valence-electron chi connectivity index (χ3n) is 6.24. The Hall–Kier alpha value is -3.12. The van der Waals surface area contributed by atoms with Crippen LogP contribution in [0.3, 0.4) is 0 Å². The minimum atomic E-state index is -0.175. The number of hydrogen-bond donors (Lipinski definition) is 1. The number of piperazine rings is 1. The first-order valence-electron chi connectivity index (χ1n) is 11.5. The van der Waals surface area contributed by atoms with Crippen molar-refractivity contribution in [2.24, 2.45) is 0 Å². The maximum atomic E-state index is 13.3. The van der Waals surface area contributed by atoms with Crippen molar-refractivity contribution in [3.63, 3.8) is 0 Å². The Morgan fingerprint density at radius 2 is 1.78 bits per heavy atom. The normalized spacial score (nSPS) is 16.4. The van der Waals surface area contributed by atoms with Crippen LogP contribution in [0.15, 0.2) is 60.4 Å². The zero-order chi connectivity index (χ0) is 21.8. The molecule has 2 aromatic carbocycles. The van der Waals surface area contributed by atoms with Crippen molar-refractivity contribution in [2.75, 3.05) is 56.1 Å². The number of fused-ring (bicyclic) bond motifs is 2. The lowest BCUT2D eigenvalue weighted by atomic mass is 10.1. The molecule has 1 saturated heterocycles. The SMILES string of the molecule is FC1=Cc2ccc(OCCCCN3CCN(c4cccc5ccccc45)CC3)nc2NC1. The summed E-state index contributed by atoms with van der Waals surface area (Å²) in [6.45, 7) is 6.23. The lowest BCUT2D eigenvalue weighted by molar-refractivity contribution is 0.237. The molecular weight excluding hydrogens is 403 g/mol. The number of nitrogens with one attached hydrogen (secondary N) is 1. The molecule has 0 atom stereocenters. The van der Waals surface area contributed by atoms with E-state index in [-0.39, 0.29) is 12.4 Å². The van der Waals surface area contributed by atoms with Crippen LogP contribution in [-0.2, 0) is 0 Å². The van der Waals surface area contributed by atoms with Crippen LogP contribution in [0.4, 0.5) is 15.9 Å². The van der Waals surface area contributed by atoms with E-state index in [0.29, 0.717) is 18.3 Å². The Morgan fingerprint density at radius 3 is 2.69 bits per heavy atom. The van der Waals surface area contributed by atoms with Gasteiger partial charge < -0.3 is 15.0 Å². The molecule has 0 spiro atoms. The molecule has 2 aliphatic rings. The number of hydrogen-bond acceptors (Lipinski definition) is 5.